The van der Waals surface area contributed by atoms with E-state index in [9.17, 15) is 9.59 Å². The molecular formula is C24H26N6O3. The zero-order valence-corrected chi connectivity index (χ0v) is 18.5. The summed E-state index contributed by atoms with van der Waals surface area (Å²) in [5.74, 6) is 0.337. The van der Waals surface area contributed by atoms with Crippen molar-refractivity contribution in [1.82, 2.24) is 9.88 Å². The topological polar surface area (TPSA) is 133 Å². The molecule has 5 N–H and O–H groups in total. The van der Waals surface area contributed by atoms with E-state index in [2.05, 4.69) is 15.6 Å². The van der Waals surface area contributed by atoms with Crippen LogP contribution in [0.3, 0.4) is 0 Å². The summed E-state index contributed by atoms with van der Waals surface area (Å²) in [6, 6.07) is 16.6. The minimum atomic E-state index is -0.447. The van der Waals surface area contributed by atoms with Gasteiger partial charge in [-0.2, -0.15) is 0 Å². The van der Waals surface area contributed by atoms with Gasteiger partial charge in [-0.15, -0.1) is 0 Å². The van der Waals surface area contributed by atoms with E-state index in [0.29, 0.717) is 47.4 Å². The second-order valence-corrected chi connectivity index (χ2v) is 7.29. The third-order valence-corrected chi connectivity index (χ3v) is 4.64. The lowest BCUT2D eigenvalue weighted by molar-refractivity contribution is 0.102. The summed E-state index contributed by atoms with van der Waals surface area (Å²) in [5.41, 5.74) is 7.11. The molecule has 0 spiro atoms. The highest BCUT2D eigenvalue weighted by atomic mass is 16.5. The molecule has 0 radical (unpaired) electrons. The van der Waals surface area contributed by atoms with Gasteiger partial charge in [0.05, 0.1) is 11.3 Å². The van der Waals surface area contributed by atoms with Crippen molar-refractivity contribution in [3.8, 4) is 5.75 Å². The van der Waals surface area contributed by atoms with Gasteiger partial charge in [-0.25, -0.2) is 4.98 Å². The Balaban J connectivity index is 1.84. The Bertz CT molecular complexity index is 1130. The number of carbonyl (C=O) groups is 2. The Morgan fingerprint density at radius 2 is 1.73 bits per heavy atom. The van der Waals surface area contributed by atoms with Crippen LogP contribution in [-0.4, -0.2) is 54.8 Å². The first-order chi connectivity index (χ1) is 15.9. The fourth-order valence-corrected chi connectivity index (χ4v) is 2.94. The summed E-state index contributed by atoms with van der Waals surface area (Å²) in [5, 5.41) is 13.5. The third-order valence-electron chi connectivity index (χ3n) is 4.64. The van der Waals surface area contributed by atoms with Gasteiger partial charge in [-0.3, -0.25) is 15.0 Å². The molecule has 170 valence electrons. The van der Waals surface area contributed by atoms with Gasteiger partial charge in [0.15, 0.2) is 0 Å². The van der Waals surface area contributed by atoms with E-state index in [1.807, 2.05) is 0 Å². The molecule has 0 aliphatic rings. The molecule has 3 rings (SSSR count). The standard InChI is InChI=1S/C24H26N6O3/c1-30(2)22(26)16-6-8-17(9-7-16)23(31)28-20-11-10-18(33-14-12-25)15-19(20)24(32)29-21-5-3-4-13-27-21/h3-11,13,15,26H,12,14,25H2,1-2H3,(H,28,31)(H,27,29,32). The predicted molar refractivity (Wildman–Crippen MR) is 128 cm³/mol. The first-order valence-electron chi connectivity index (χ1n) is 10.3. The zero-order chi connectivity index (χ0) is 23.8. The number of nitrogens with zero attached hydrogens (tertiary/aromatic N) is 2. The monoisotopic (exact) mass is 446 g/mol. The number of ether oxygens (including phenoxy) is 1. The summed E-state index contributed by atoms with van der Waals surface area (Å²) < 4.78 is 5.54. The molecule has 2 amide bonds. The molecular weight excluding hydrogens is 420 g/mol. The van der Waals surface area contributed by atoms with E-state index in [4.69, 9.17) is 15.9 Å². The summed E-state index contributed by atoms with van der Waals surface area (Å²) in [4.78, 5) is 31.6. The molecule has 0 fully saturated rings. The van der Waals surface area contributed by atoms with Crippen LogP contribution in [-0.2, 0) is 0 Å². The fraction of sp³-hybridized carbons (Fsp3) is 0.167. The Labute approximate surface area is 192 Å². The number of rotatable bonds is 8. The highest BCUT2D eigenvalue weighted by molar-refractivity contribution is 6.12. The third kappa shape index (κ3) is 6.14. The van der Waals surface area contributed by atoms with Gasteiger partial charge in [0.25, 0.3) is 11.8 Å². The van der Waals surface area contributed by atoms with Crippen molar-refractivity contribution < 1.29 is 14.3 Å². The minimum Gasteiger partial charge on any atom is -0.492 e. The van der Waals surface area contributed by atoms with E-state index in [1.54, 1.807) is 85.9 Å². The quantitative estimate of drug-likeness (QED) is 0.311. The average Bonchev–Trinajstić information content (AvgIpc) is 2.83. The molecule has 9 nitrogen and oxygen atoms in total. The number of nitrogens with one attached hydrogen (secondary N) is 3. The molecule has 0 aliphatic heterocycles. The molecule has 1 heterocycles. The molecule has 33 heavy (non-hydrogen) atoms. The van der Waals surface area contributed by atoms with Crippen LogP contribution in [0.5, 0.6) is 5.75 Å². The van der Waals surface area contributed by atoms with Gasteiger partial charge >= 0.3 is 0 Å². The lowest BCUT2D eigenvalue weighted by Crippen LogP contribution is -2.22. The highest BCUT2D eigenvalue weighted by Gasteiger charge is 2.17. The number of amidine groups is 1. The minimum absolute atomic E-state index is 0.217. The van der Waals surface area contributed by atoms with E-state index in [0.717, 1.165) is 0 Å². The van der Waals surface area contributed by atoms with Crippen LogP contribution in [0, 0.1) is 5.41 Å². The number of hydrogen-bond donors (Lipinski definition) is 4. The average molecular weight is 447 g/mol. The first kappa shape index (κ1) is 23.4. The number of amides is 2. The Hall–Kier alpha value is -4.24. The van der Waals surface area contributed by atoms with E-state index >= 15 is 0 Å². The van der Waals surface area contributed by atoms with Crippen LogP contribution >= 0.6 is 0 Å². The summed E-state index contributed by atoms with van der Waals surface area (Å²) >= 11 is 0. The smallest absolute Gasteiger partial charge is 0.259 e. The molecule has 3 aromatic rings. The van der Waals surface area contributed by atoms with E-state index < -0.39 is 5.91 Å². The van der Waals surface area contributed by atoms with Gasteiger partial charge in [-0.05, 0) is 42.5 Å². The SMILES string of the molecule is CN(C)C(=N)c1ccc(C(=O)Nc2ccc(OCCN)cc2C(=O)Nc2ccccn2)cc1. The fourth-order valence-electron chi connectivity index (χ4n) is 2.94. The lowest BCUT2D eigenvalue weighted by atomic mass is 10.1. The van der Waals surface area contributed by atoms with Gasteiger partial charge in [0.1, 0.15) is 24.0 Å². The van der Waals surface area contributed by atoms with Crippen molar-refractivity contribution in [3.05, 3.63) is 83.6 Å². The number of hydrogen-bond acceptors (Lipinski definition) is 6. The number of carbonyl (C=O) groups excluding carboxylic acids is 2. The molecule has 9 heteroatoms. The first-order valence-corrected chi connectivity index (χ1v) is 10.3. The second-order valence-electron chi connectivity index (χ2n) is 7.29. The van der Waals surface area contributed by atoms with Crippen LogP contribution in [0.2, 0.25) is 0 Å². The maximum Gasteiger partial charge on any atom is 0.259 e. The summed E-state index contributed by atoms with van der Waals surface area (Å²) in [6.45, 7) is 0.622. The van der Waals surface area contributed by atoms with E-state index in [1.165, 1.54) is 0 Å². The largest absolute Gasteiger partial charge is 0.492 e. The molecule has 2 aromatic carbocycles. The molecule has 0 saturated heterocycles. The van der Waals surface area contributed by atoms with Crippen molar-refractivity contribution in [2.75, 3.05) is 37.9 Å². The van der Waals surface area contributed by atoms with Crippen molar-refractivity contribution in [3.63, 3.8) is 0 Å². The van der Waals surface area contributed by atoms with Crippen molar-refractivity contribution in [2.24, 2.45) is 5.73 Å². The molecule has 0 atom stereocenters. The summed E-state index contributed by atoms with van der Waals surface area (Å²) in [6.07, 6.45) is 1.57. The Morgan fingerprint density at radius 1 is 1.00 bits per heavy atom. The number of pyridine rings is 1. The number of benzene rings is 2. The number of nitrogens with two attached hydrogens (primary N) is 1. The Kier molecular flexibility index (Phi) is 7.72. The van der Waals surface area contributed by atoms with E-state index in [-0.39, 0.29) is 11.5 Å². The molecule has 0 bridgehead atoms. The number of anilines is 2. The predicted octanol–water partition coefficient (Wildman–Crippen LogP) is 2.81. The molecule has 1 aromatic heterocycles. The van der Waals surface area contributed by atoms with Crippen molar-refractivity contribution >= 4 is 29.2 Å². The van der Waals surface area contributed by atoms with Crippen LogP contribution in [0.15, 0.2) is 66.9 Å². The van der Waals surface area contributed by atoms with Gasteiger partial charge in [0.2, 0.25) is 0 Å². The Morgan fingerprint density at radius 3 is 2.36 bits per heavy atom. The summed E-state index contributed by atoms with van der Waals surface area (Å²) in [7, 11) is 3.56. The number of aromatic nitrogens is 1. The van der Waals surface area contributed by atoms with Crippen LogP contribution in [0.25, 0.3) is 0 Å². The highest BCUT2D eigenvalue weighted by Crippen LogP contribution is 2.24. The lowest BCUT2D eigenvalue weighted by Gasteiger charge is -2.15. The maximum absolute atomic E-state index is 13.0. The maximum atomic E-state index is 13.0. The van der Waals surface area contributed by atoms with Crippen molar-refractivity contribution in [2.45, 2.75) is 0 Å². The van der Waals surface area contributed by atoms with Gasteiger partial charge in [0, 0.05) is 38.0 Å². The van der Waals surface area contributed by atoms with Gasteiger partial charge in [-0.1, -0.05) is 18.2 Å². The molecule has 0 aliphatic carbocycles. The van der Waals surface area contributed by atoms with Crippen LogP contribution < -0.4 is 21.1 Å². The van der Waals surface area contributed by atoms with Crippen LogP contribution in [0.1, 0.15) is 26.3 Å². The normalized spacial score (nSPS) is 10.3. The van der Waals surface area contributed by atoms with Gasteiger partial charge < -0.3 is 26.0 Å². The zero-order valence-electron chi connectivity index (χ0n) is 18.5. The molecule has 0 saturated carbocycles. The van der Waals surface area contributed by atoms with Crippen molar-refractivity contribution in [1.29, 1.82) is 5.41 Å². The second kappa shape index (κ2) is 10.9. The molecule has 0 unspecified atom stereocenters. The van der Waals surface area contributed by atoms with Crippen LogP contribution in [0.4, 0.5) is 11.5 Å².